The lowest BCUT2D eigenvalue weighted by atomic mass is 10.1. The molecule has 8 heteroatoms. The van der Waals surface area contributed by atoms with Crippen LogP contribution in [0.25, 0.3) is 0 Å². The average molecular weight is 340 g/mol. The lowest BCUT2D eigenvalue weighted by Crippen LogP contribution is -2.43. The molecule has 22 heavy (non-hydrogen) atoms. The zero-order valence-electron chi connectivity index (χ0n) is 11.7. The third-order valence-corrected chi connectivity index (χ3v) is 4.51. The van der Waals surface area contributed by atoms with Crippen molar-refractivity contribution in [3.63, 3.8) is 0 Å². The minimum atomic E-state index is -0.186. The fourth-order valence-corrected chi connectivity index (χ4v) is 2.91. The van der Waals surface area contributed by atoms with Crippen LogP contribution < -0.4 is 5.32 Å². The predicted octanol–water partition coefficient (Wildman–Crippen LogP) is 3.45. The summed E-state index contributed by atoms with van der Waals surface area (Å²) < 4.78 is 1.80. The van der Waals surface area contributed by atoms with Crippen molar-refractivity contribution in [3.05, 3.63) is 40.6 Å². The number of nitrogens with zero attached hydrogens (tertiary/aromatic N) is 4. The summed E-state index contributed by atoms with van der Waals surface area (Å²) in [5.74, 6) is 0. The molecule has 1 fully saturated rings. The van der Waals surface area contributed by atoms with E-state index in [1.165, 1.54) is 0 Å². The van der Waals surface area contributed by atoms with Gasteiger partial charge in [-0.15, -0.1) is 5.10 Å². The van der Waals surface area contributed by atoms with Gasteiger partial charge in [0.25, 0.3) is 0 Å². The molecule has 116 valence electrons. The Morgan fingerprint density at radius 3 is 3.00 bits per heavy atom. The van der Waals surface area contributed by atoms with Gasteiger partial charge in [0, 0.05) is 19.3 Å². The first kappa shape index (κ1) is 15.1. The Morgan fingerprint density at radius 1 is 1.36 bits per heavy atom. The summed E-state index contributed by atoms with van der Waals surface area (Å²) in [5, 5.41) is 11.4. The van der Waals surface area contributed by atoms with Gasteiger partial charge in [0.1, 0.15) is 0 Å². The van der Waals surface area contributed by atoms with Gasteiger partial charge in [0.15, 0.2) is 0 Å². The van der Waals surface area contributed by atoms with E-state index in [-0.39, 0.29) is 12.1 Å². The molecule has 2 heterocycles. The van der Waals surface area contributed by atoms with Crippen LogP contribution in [-0.2, 0) is 0 Å². The van der Waals surface area contributed by atoms with Crippen LogP contribution in [0.3, 0.4) is 0 Å². The Hall–Kier alpha value is -1.79. The molecule has 1 N–H and O–H groups in total. The topological polar surface area (TPSA) is 63.1 Å². The van der Waals surface area contributed by atoms with Crippen molar-refractivity contribution in [2.45, 2.75) is 18.9 Å². The Kier molecular flexibility index (Phi) is 4.49. The quantitative estimate of drug-likeness (QED) is 0.911. The standard InChI is InChI=1S/C14H15Cl2N5O/c15-11-4-1-5-12(13(11)16)18-14(22)20-7-2-3-10(9-20)21-8-6-17-19-21/h1,4-6,8,10H,2-3,7,9H2,(H,18,22). The second kappa shape index (κ2) is 6.54. The summed E-state index contributed by atoms with van der Waals surface area (Å²) in [6.07, 6.45) is 5.36. The summed E-state index contributed by atoms with van der Waals surface area (Å²) in [5.41, 5.74) is 0.516. The first-order chi connectivity index (χ1) is 10.6. The van der Waals surface area contributed by atoms with E-state index in [9.17, 15) is 4.79 Å². The number of amides is 2. The summed E-state index contributed by atoms with van der Waals surface area (Å²) in [6.45, 7) is 1.29. The molecule has 2 amide bonds. The van der Waals surface area contributed by atoms with Gasteiger partial charge in [-0.2, -0.15) is 0 Å². The molecule has 3 rings (SSSR count). The summed E-state index contributed by atoms with van der Waals surface area (Å²) in [4.78, 5) is 14.2. The molecule has 1 unspecified atom stereocenters. The number of rotatable bonds is 2. The predicted molar refractivity (Wildman–Crippen MR) is 85.3 cm³/mol. The number of benzene rings is 1. The van der Waals surface area contributed by atoms with Gasteiger partial charge in [-0.05, 0) is 25.0 Å². The van der Waals surface area contributed by atoms with Crippen molar-refractivity contribution >= 4 is 34.9 Å². The van der Waals surface area contributed by atoms with E-state index in [4.69, 9.17) is 23.2 Å². The van der Waals surface area contributed by atoms with E-state index in [0.717, 1.165) is 12.8 Å². The average Bonchev–Trinajstić information content (AvgIpc) is 3.06. The number of hydrogen-bond acceptors (Lipinski definition) is 3. The van der Waals surface area contributed by atoms with Crippen molar-refractivity contribution in [2.75, 3.05) is 18.4 Å². The molecule has 0 saturated carbocycles. The SMILES string of the molecule is O=C(Nc1cccc(Cl)c1Cl)N1CCCC(n2ccnn2)C1. The lowest BCUT2D eigenvalue weighted by molar-refractivity contribution is 0.174. The Morgan fingerprint density at radius 2 is 2.23 bits per heavy atom. The molecule has 1 aliphatic rings. The molecule has 1 aromatic heterocycles. The summed E-state index contributed by atoms with van der Waals surface area (Å²) in [6, 6.07) is 5.12. The van der Waals surface area contributed by atoms with Crippen LogP contribution in [0.1, 0.15) is 18.9 Å². The van der Waals surface area contributed by atoms with E-state index in [1.807, 2.05) is 6.20 Å². The minimum absolute atomic E-state index is 0.150. The van der Waals surface area contributed by atoms with Crippen molar-refractivity contribution in [1.82, 2.24) is 19.9 Å². The van der Waals surface area contributed by atoms with Crippen molar-refractivity contribution in [3.8, 4) is 0 Å². The number of urea groups is 1. The van der Waals surface area contributed by atoms with E-state index in [2.05, 4.69) is 15.6 Å². The Bertz CT molecular complexity index is 661. The maximum absolute atomic E-state index is 12.4. The highest BCUT2D eigenvalue weighted by Crippen LogP contribution is 2.30. The van der Waals surface area contributed by atoms with Crippen LogP contribution in [0.5, 0.6) is 0 Å². The molecular formula is C14H15Cl2N5O. The number of nitrogens with one attached hydrogen (secondary N) is 1. The summed E-state index contributed by atoms with van der Waals surface area (Å²) >= 11 is 12.1. The van der Waals surface area contributed by atoms with E-state index >= 15 is 0 Å². The van der Waals surface area contributed by atoms with E-state index in [1.54, 1.807) is 34.0 Å². The number of carbonyl (C=O) groups excluding carboxylic acids is 1. The zero-order valence-corrected chi connectivity index (χ0v) is 13.3. The monoisotopic (exact) mass is 339 g/mol. The molecule has 0 radical (unpaired) electrons. The number of carbonyl (C=O) groups is 1. The van der Waals surface area contributed by atoms with E-state index < -0.39 is 0 Å². The Balaban J connectivity index is 1.68. The van der Waals surface area contributed by atoms with Gasteiger partial charge in [-0.3, -0.25) is 0 Å². The number of hydrogen-bond donors (Lipinski definition) is 1. The smallest absolute Gasteiger partial charge is 0.321 e. The molecule has 0 bridgehead atoms. The zero-order chi connectivity index (χ0) is 15.5. The lowest BCUT2D eigenvalue weighted by Gasteiger charge is -2.32. The third kappa shape index (κ3) is 3.18. The molecule has 0 aliphatic carbocycles. The maximum atomic E-state index is 12.4. The highest BCUT2D eigenvalue weighted by atomic mass is 35.5. The minimum Gasteiger partial charge on any atom is -0.322 e. The Labute approximate surface area is 138 Å². The normalized spacial score (nSPS) is 18.3. The molecule has 0 spiro atoms. The highest BCUT2D eigenvalue weighted by Gasteiger charge is 2.25. The van der Waals surface area contributed by atoms with Crippen LogP contribution >= 0.6 is 23.2 Å². The number of aromatic nitrogens is 3. The van der Waals surface area contributed by atoms with Crippen LogP contribution in [0.15, 0.2) is 30.6 Å². The molecular weight excluding hydrogens is 325 g/mol. The molecule has 1 saturated heterocycles. The van der Waals surface area contributed by atoms with Crippen LogP contribution in [0, 0.1) is 0 Å². The number of anilines is 1. The molecule has 2 aromatic rings. The van der Waals surface area contributed by atoms with E-state index in [0.29, 0.717) is 28.8 Å². The van der Waals surface area contributed by atoms with Crippen molar-refractivity contribution in [1.29, 1.82) is 0 Å². The van der Waals surface area contributed by atoms with Crippen molar-refractivity contribution < 1.29 is 4.79 Å². The van der Waals surface area contributed by atoms with Gasteiger partial charge >= 0.3 is 6.03 Å². The number of halogens is 2. The fourth-order valence-electron chi connectivity index (χ4n) is 2.56. The van der Waals surface area contributed by atoms with Gasteiger partial charge in [0.05, 0.1) is 28.0 Å². The van der Waals surface area contributed by atoms with Crippen LogP contribution in [0.2, 0.25) is 10.0 Å². The highest BCUT2D eigenvalue weighted by molar-refractivity contribution is 6.43. The number of likely N-dealkylation sites (tertiary alicyclic amines) is 1. The van der Waals surface area contributed by atoms with Gasteiger partial charge in [-0.25, -0.2) is 9.48 Å². The summed E-state index contributed by atoms with van der Waals surface area (Å²) in [7, 11) is 0. The first-order valence-corrected chi connectivity index (χ1v) is 7.76. The third-order valence-electron chi connectivity index (χ3n) is 3.69. The van der Waals surface area contributed by atoms with Crippen LogP contribution in [0.4, 0.5) is 10.5 Å². The van der Waals surface area contributed by atoms with Gasteiger partial charge in [0.2, 0.25) is 0 Å². The molecule has 1 aromatic carbocycles. The van der Waals surface area contributed by atoms with Crippen molar-refractivity contribution in [2.24, 2.45) is 0 Å². The molecule has 6 nitrogen and oxygen atoms in total. The largest absolute Gasteiger partial charge is 0.322 e. The van der Waals surface area contributed by atoms with Gasteiger partial charge in [-0.1, -0.05) is 34.5 Å². The van der Waals surface area contributed by atoms with Gasteiger partial charge < -0.3 is 10.2 Å². The fraction of sp³-hybridized carbons (Fsp3) is 0.357. The molecule has 1 atom stereocenters. The maximum Gasteiger partial charge on any atom is 0.321 e. The second-order valence-corrected chi connectivity index (χ2v) is 5.94. The first-order valence-electron chi connectivity index (χ1n) is 7.01. The molecule has 1 aliphatic heterocycles. The number of piperidine rings is 1. The van der Waals surface area contributed by atoms with Crippen LogP contribution in [-0.4, -0.2) is 39.0 Å². The second-order valence-electron chi connectivity index (χ2n) is 5.16.